The number of furan rings is 1. The Morgan fingerprint density at radius 1 is 0.846 bits per heavy atom. The molecule has 2 heteroatoms. The maximum absolute atomic E-state index is 6.27. The zero-order valence-electron chi connectivity index (χ0n) is 14.7. The fourth-order valence-corrected chi connectivity index (χ4v) is 5.07. The van der Waals surface area contributed by atoms with E-state index in [-0.39, 0.29) is 0 Å². The van der Waals surface area contributed by atoms with Crippen LogP contribution in [0.3, 0.4) is 0 Å². The largest absolute Gasteiger partial charge is 0.456 e. The van der Waals surface area contributed by atoms with Gasteiger partial charge in [-0.15, -0.1) is 11.3 Å². The summed E-state index contributed by atoms with van der Waals surface area (Å²) in [6.07, 6.45) is 2.15. The maximum Gasteiger partial charge on any atom is 0.138 e. The quantitative estimate of drug-likeness (QED) is 0.370. The first-order chi connectivity index (χ1) is 12.8. The summed E-state index contributed by atoms with van der Waals surface area (Å²) in [5.41, 5.74) is 4.36. The Morgan fingerprint density at radius 2 is 1.58 bits per heavy atom. The average Bonchev–Trinajstić information content (AvgIpc) is 3.25. The van der Waals surface area contributed by atoms with Gasteiger partial charge in [0.05, 0.1) is 0 Å². The highest BCUT2D eigenvalue weighted by atomic mass is 32.1. The standard InChI is InChI=1S/C24H18OS/c1-3-16-18-9-4-6-13-21(18)25-23(16)15(2)17-11-8-12-20-19-10-5-7-14-22(19)26-24(17)20/h3-14H,1-2H3/b16-3-,23-15-. The smallest absolute Gasteiger partial charge is 0.138 e. The van der Waals surface area contributed by atoms with Crippen molar-refractivity contribution in [1.29, 1.82) is 0 Å². The van der Waals surface area contributed by atoms with Crippen LogP contribution in [0.4, 0.5) is 0 Å². The third kappa shape index (κ3) is 2.16. The molecule has 0 amide bonds. The molecule has 1 nitrogen and oxygen atoms in total. The van der Waals surface area contributed by atoms with Crippen LogP contribution in [0, 0.1) is 0 Å². The molecule has 2 aromatic heterocycles. The number of hydrogen-bond acceptors (Lipinski definition) is 2. The van der Waals surface area contributed by atoms with Crippen LogP contribution >= 0.6 is 11.3 Å². The number of rotatable bonds is 1. The van der Waals surface area contributed by atoms with Crippen LogP contribution in [-0.4, -0.2) is 0 Å². The lowest BCUT2D eigenvalue weighted by atomic mass is 10.0. The summed E-state index contributed by atoms with van der Waals surface area (Å²) in [7, 11) is 0. The van der Waals surface area contributed by atoms with E-state index in [2.05, 4.69) is 74.5 Å². The molecule has 0 aliphatic carbocycles. The fraction of sp³-hybridized carbons (Fsp3) is 0.0833. The Bertz CT molecular complexity index is 1400. The van der Waals surface area contributed by atoms with Crippen molar-refractivity contribution in [3.63, 3.8) is 0 Å². The van der Waals surface area contributed by atoms with Crippen molar-refractivity contribution >= 4 is 54.1 Å². The third-order valence-electron chi connectivity index (χ3n) is 5.07. The highest BCUT2D eigenvalue weighted by Gasteiger charge is 2.12. The van der Waals surface area contributed by atoms with Gasteiger partial charge in [0.25, 0.3) is 0 Å². The van der Waals surface area contributed by atoms with Crippen LogP contribution in [0.2, 0.25) is 0 Å². The second-order valence-corrected chi connectivity index (χ2v) is 7.59. The topological polar surface area (TPSA) is 13.1 Å². The normalized spacial score (nSPS) is 13.8. The first-order valence-corrected chi connectivity index (χ1v) is 9.65. The van der Waals surface area contributed by atoms with E-state index in [0.717, 1.165) is 11.0 Å². The van der Waals surface area contributed by atoms with Gasteiger partial charge in [-0.3, -0.25) is 0 Å². The summed E-state index contributed by atoms with van der Waals surface area (Å²) in [6, 6.07) is 23.5. The molecule has 0 radical (unpaired) electrons. The fourth-order valence-electron chi connectivity index (χ4n) is 3.80. The van der Waals surface area contributed by atoms with E-state index in [1.54, 1.807) is 0 Å². The number of hydrogen-bond donors (Lipinski definition) is 0. The van der Waals surface area contributed by atoms with E-state index in [4.69, 9.17) is 4.42 Å². The van der Waals surface area contributed by atoms with Gasteiger partial charge in [-0.25, -0.2) is 0 Å². The SMILES string of the molecule is C/C=c1\c(=C(/C)c2cccc3c2sc2ccccc23)oc2ccccc12. The Morgan fingerprint density at radius 3 is 2.42 bits per heavy atom. The molecule has 3 aromatic carbocycles. The molecule has 0 aliphatic rings. The van der Waals surface area contributed by atoms with Crippen LogP contribution < -0.4 is 10.6 Å². The van der Waals surface area contributed by atoms with Crippen molar-refractivity contribution in [2.75, 3.05) is 0 Å². The van der Waals surface area contributed by atoms with E-state index in [0.29, 0.717) is 0 Å². The lowest BCUT2D eigenvalue weighted by molar-refractivity contribution is 0.572. The molecule has 0 spiro atoms. The van der Waals surface area contributed by atoms with Gasteiger partial charge in [0.15, 0.2) is 0 Å². The van der Waals surface area contributed by atoms with Crippen molar-refractivity contribution in [2.24, 2.45) is 0 Å². The molecule has 2 heterocycles. The zero-order chi connectivity index (χ0) is 17.7. The molecular formula is C24H18OS. The van der Waals surface area contributed by atoms with Gasteiger partial charge >= 0.3 is 0 Å². The van der Waals surface area contributed by atoms with Crippen LogP contribution in [-0.2, 0) is 0 Å². The van der Waals surface area contributed by atoms with Gasteiger partial charge < -0.3 is 4.42 Å². The second kappa shape index (κ2) is 5.86. The minimum atomic E-state index is 0.943. The van der Waals surface area contributed by atoms with Gasteiger partial charge in [-0.2, -0.15) is 0 Å². The summed E-state index contributed by atoms with van der Waals surface area (Å²) >= 11 is 1.86. The molecule has 0 saturated heterocycles. The van der Waals surface area contributed by atoms with Crippen LogP contribution in [0.25, 0.3) is 42.8 Å². The lowest BCUT2D eigenvalue weighted by Gasteiger charge is -2.02. The summed E-state index contributed by atoms with van der Waals surface area (Å²) in [5, 5.41) is 5.00. The minimum Gasteiger partial charge on any atom is -0.456 e. The number of thiophene rings is 1. The Labute approximate surface area is 155 Å². The summed E-state index contributed by atoms with van der Waals surface area (Å²) in [4.78, 5) is 0. The van der Waals surface area contributed by atoms with Crippen molar-refractivity contribution in [3.05, 3.63) is 82.9 Å². The molecule has 0 aliphatic heterocycles. The molecule has 126 valence electrons. The highest BCUT2D eigenvalue weighted by molar-refractivity contribution is 7.26. The van der Waals surface area contributed by atoms with Gasteiger partial charge in [0, 0.05) is 36.4 Å². The number of fused-ring (bicyclic) bond motifs is 4. The second-order valence-electron chi connectivity index (χ2n) is 6.54. The molecule has 5 rings (SSSR count). The molecule has 0 atom stereocenters. The van der Waals surface area contributed by atoms with Gasteiger partial charge in [-0.05, 0) is 31.5 Å². The molecule has 0 unspecified atom stereocenters. The van der Waals surface area contributed by atoms with E-state index < -0.39 is 0 Å². The van der Waals surface area contributed by atoms with Crippen LogP contribution in [0.15, 0.2) is 71.1 Å². The van der Waals surface area contributed by atoms with Crippen molar-refractivity contribution in [3.8, 4) is 0 Å². The Balaban J connectivity index is 1.93. The van der Waals surface area contributed by atoms with E-state index >= 15 is 0 Å². The summed E-state index contributed by atoms with van der Waals surface area (Å²) in [5.74, 6) is 0. The molecule has 0 fully saturated rings. The monoisotopic (exact) mass is 354 g/mol. The lowest BCUT2D eigenvalue weighted by Crippen LogP contribution is -2.22. The van der Waals surface area contributed by atoms with Gasteiger partial charge in [-0.1, -0.05) is 60.7 Å². The first-order valence-electron chi connectivity index (χ1n) is 8.83. The summed E-state index contributed by atoms with van der Waals surface area (Å²) < 4.78 is 8.92. The minimum absolute atomic E-state index is 0.943. The zero-order valence-corrected chi connectivity index (χ0v) is 15.6. The van der Waals surface area contributed by atoms with Crippen LogP contribution in [0.1, 0.15) is 19.4 Å². The predicted molar refractivity (Wildman–Crippen MR) is 113 cm³/mol. The Hall–Kier alpha value is -2.84. The van der Waals surface area contributed by atoms with E-state index in [1.807, 2.05) is 23.5 Å². The molecular weight excluding hydrogens is 336 g/mol. The highest BCUT2D eigenvalue weighted by Crippen LogP contribution is 2.37. The predicted octanol–water partition coefficient (Wildman–Crippen LogP) is 5.82. The number of para-hydroxylation sites is 1. The molecule has 26 heavy (non-hydrogen) atoms. The Kier molecular flexibility index (Phi) is 3.47. The average molecular weight is 354 g/mol. The van der Waals surface area contributed by atoms with Crippen molar-refractivity contribution in [2.45, 2.75) is 13.8 Å². The van der Waals surface area contributed by atoms with E-state index in [1.165, 1.54) is 41.9 Å². The maximum atomic E-state index is 6.27. The van der Waals surface area contributed by atoms with E-state index in [9.17, 15) is 0 Å². The third-order valence-corrected chi connectivity index (χ3v) is 6.29. The number of benzene rings is 3. The van der Waals surface area contributed by atoms with Gasteiger partial charge in [0.2, 0.25) is 0 Å². The van der Waals surface area contributed by atoms with Crippen LogP contribution in [0.5, 0.6) is 0 Å². The molecule has 5 aromatic rings. The summed E-state index contributed by atoms with van der Waals surface area (Å²) in [6.45, 7) is 4.25. The van der Waals surface area contributed by atoms with Crippen molar-refractivity contribution < 1.29 is 4.42 Å². The van der Waals surface area contributed by atoms with Crippen molar-refractivity contribution in [1.82, 2.24) is 0 Å². The molecule has 0 bridgehead atoms. The molecule has 0 N–H and O–H groups in total. The molecule has 0 saturated carbocycles. The van der Waals surface area contributed by atoms with Gasteiger partial charge in [0.1, 0.15) is 11.0 Å². The first kappa shape index (κ1) is 15.4.